The van der Waals surface area contributed by atoms with Crippen LogP contribution in [-0.4, -0.2) is 19.1 Å². The third kappa shape index (κ3) is 3.22. The fourth-order valence-electron chi connectivity index (χ4n) is 2.20. The summed E-state index contributed by atoms with van der Waals surface area (Å²) in [6.07, 6.45) is 0. The van der Waals surface area contributed by atoms with Crippen molar-refractivity contribution in [3.8, 4) is 0 Å². The first kappa shape index (κ1) is 14.0. The molecule has 2 nitrogen and oxygen atoms in total. The van der Waals surface area contributed by atoms with Gasteiger partial charge in [-0.2, -0.15) is 0 Å². The summed E-state index contributed by atoms with van der Waals surface area (Å²) in [5, 5.41) is 0. The molecule has 0 saturated carbocycles. The average Bonchev–Trinajstić information content (AvgIpc) is 2.29. The summed E-state index contributed by atoms with van der Waals surface area (Å²) >= 11 is 0. The minimum Gasteiger partial charge on any atom is -0.368 e. The second kappa shape index (κ2) is 5.54. The Morgan fingerprint density at radius 2 is 1.82 bits per heavy atom. The monoisotopic (exact) mass is 234 g/mol. The Labute approximate surface area is 106 Å². The maximum atomic E-state index is 5.80. The van der Waals surface area contributed by atoms with E-state index in [9.17, 15) is 0 Å². The zero-order chi connectivity index (χ0) is 13.1. The first-order valence-corrected chi connectivity index (χ1v) is 6.48. The van der Waals surface area contributed by atoms with Crippen molar-refractivity contribution < 1.29 is 0 Å². The number of para-hydroxylation sites is 1. The van der Waals surface area contributed by atoms with Crippen LogP contribution in [0.1, 0.15) is 40.2 Å². The lowest BCUT2D eigenvalue weighted by atomic mass is 9.85. The number of likely N-dealkylation sites (N-methyl/N-ethyl adjacent to an activating group) is 1. The van der Waals surface area contributed by atoms with Crippen LogP contribution in [0, 0.1) is 0 Å². The standard InChI is InChI=1S/C15H26N2/c1-6-17(12(2)11-16)14-10-8-7-9-13(14)15(3,4)5/h7-10,12H,6,11,16H2,1-5H3. The topological polar surface area (TPSA) is 29.3 Å². The van der Waals surface area contributed by atoms with E-state index in [0.29, 0.717) is 12.6 Å². The number of anilines is 1. The van der Waals surface area contributed by atoms with E-state index in [1.807, 2.05) is 0 Å². The number of rotatable bonds is 4. The Morgan fingerprint density at radius 3 is 2.29 bits per heavy atom. The Morgan fingerprint density at radius 1 is 1.24 bits per heavy atom. The van der Waals surface area contributed by atoms with Gasteiger partial charge in [-0.15, -0.1) is 0 Å². The summed E-state index contributed by atoms with van der Waals surface area (Å²) in [5.41, 5.74) is 8.68. The quantitative estimate of drug-likeness (QED) is 0.867. The predicted molar refractivity (Wildman–Crippen MR) is 76.7 cm³/mol. The van der Waals surface area contributed by atoms with Crippen molar-refractivity contribution in [3.05, 3.63) is 29.8 Å². The Balaban J connectivity index is 3.20. The second-order valence-electron chi connectivity index (χ2n) is 5.64. The van der Waals surface area contributed by atoms with Gasteiger partial charge in [0.05, 0.1) is 0 Å². The van der Waals surface area contributed by atoms with Crippen LogP contribution in [-0.2, 0) is 5.41 Å². The van der Waals surface area contributed by atoms with Crippen molar-refractivity contribution >= 4 is 5.69 Å². The predicted octanol–water partition coefficient (Wildman–Crippen LogP) is 3.16. The van der Waals surface area contributed by atoms with Crippen LogP contribution in [0.3, 0.4) is 0 Å². The van der Waals surface area contributed by atoms with Gasteiger partial charge in [-0.1, -0.05) is 39.0 Å². The Hall–Kier alpha value is -1.02. The average molecular weight is 234 g/mol. The SMILES string of the molecule is CCN(c1ccccc1C(C)(C)C)C(C)CN. The molecule has 1 unspecified atom stereocenters. The molecule has 0 aliphatic carbocycles. The van der Waals surface area contributed by atoms with Gasteiger partial charge >= 0.3 is 0 Å². The Kier molecular flexibility index (Phi) is 4.58. The molecule has 0 heterocycles. The lowest BCUT2D eigenvalue weighted by Gasteiger charge is -2.34. The number of nitrogens with zero attached hydrogens (tertiary/aromatic N) is 1. The summed E-state index contributed by atoms with van der Waals surface area (Å²) in [7, 11) is 0. The maximum Gasteiger partial charge on any atom is 0.0406 e. The van der Waals surface area contributed by atoms with E-state index in [0.717, 1.165) is 6.54 Å². The summed E-state index contributed by atoms with van der Waals surface area (Å²) in [5.74, 6) is 0. The van der Waals surface area contributed by atoms with Gasteiger partial charge in [-0.3, -0.25) is 0 Å². The molecule has 2 N–H and O–H groups in total. The molecule has 17 heavy (non-hydrogen) atoms. The lowest BCUT2D eigenvalue weighted by molar-refractivity contribution is 0.578. The summed E-state index contributed by atoms with van der Waals surface area (Å²) < 4.78 is 0. The highest BCUT2D eigenvalue weighted by molar-refractivity contribution is 5.57. The van der Waals surface area contributed by atoms with E-state index in [2.05, 4.69) is 63.8 Å². The highest BCUT2D eigenvalue weighted by Crippen LogP contribution is 2.32. The van der Waals surface area contributed by atoms with Crippen molar-refractivity contribution in [2.75, 3.05) is 18.0 Å². The minimum atomic E-state index is 0.165. The minimum absolute atomic E-state index is 0.165. The van der Waals surface area contributed by atoms with Crippen LogP contribution in [0.5, 0.6) is 0 Å². The highest BCUT2D eigenvalue weighted by Gasteiger charge is 2.21. The van der Waals surface area contributed by atoms with Gasteiger partial charge < -0.3 is 10.6 Å². The van der Waals surface area contributed by atoms with Crippen LogP contribution in [0.25, 0.3) is 0 Å². The van der Waals surface area contributed by atoms with E-state index < -0.39 is 0 Å². The third-order valence-electron chi connectivity index (χ3n) is 3.24. The molecule has 0 fully saturated rings. The lowest BCUT2D eigenvalue weighted by Crippen LogP contribution is -2.39. The molecule has 0 amide bonds. The second-order valence-corrected chi connectivity index (χ2v) is 5.64. The molecule has 0 aromatic heterocycles. The first-order chi connectivity index (χ1) is 7.91. The molecule has 0 spiro atoms. The molecule has 0 saturated heterocycles. The molecule has 1 rings (SSSR count). The smallest absolute Gasteiger partial charge is 0.0406 e. The Bertz CT molecular complexity index is 352. The summed E-state index contributed by atoms with van der Waals surface area (Å²) in [6.45, 7) is 12.8. The molecule has 1 atom stereocenters. The zero-order valence-electron chi connectivity index (χ0n) is 11.8. The fraction of sp³-hybridized carbons (Fsp3) is 0.600. The van der Waals surface area contributed by atoms with E-state index in [-0.39, 0.29) is 5.41 Å². The van der Waals surface area contributed by atoms with Gasteiger partial charge in [0.2, 0.25) is 0 Å². The van der Waals surface area contributed by atoms with Crippen LogP contribution in [0.2, 0.25) is 0 Å². The molecular formula is C15H26N2. The normalized spacial score (nSPS) is 13.5. The van der Waals surface area contributed by atoms with E-state index in [4.69, 9.17) is 5.73 Å². The van der Waals surface area contributed by atoms with Gasteiger partial charge in [0.15, 0.2) is 0 Å². The van der Waals surface area contributed by atoms with Crippen molar-refractivity contribution in [1.82, 2.24) is 0 Å². The largest absolute Gasteiger partial charge is 0.368 e. The number of hydrogen-bond acceptors (Lipinski definition) is 2. The van der Waals surface area contributed by atoms with Crippen molar-refractivity contribution in [2.45, 2.75) is 46.1 Å². The molecule has 0 aliphatic heterocycles. The van der Waals surface area contributed by atoms with Crippen LogP contribution in [0.15, 0.2) is 24.3 Å². The van der Waals surface area contributed by atoms with E-state index in [1.54, 1.807) is 0 Å². The van der Waals surface area contributed by atoms with Crippen molar-refractivity contribution in [2.24, 2.45) is 5.73 Å². The van der Waals surface area contributed by atoms with Gasteiger partial charge in [-0.05, 0) is 30.9 Å². The van der Waals surface area contributed by atoms with Gasteiger partial charge in [0, 0.05) is 24.8 Å². The molecule has 2 heteroatoms. The number of benzene rings is 1. The maximum absolute atomic E-state index is 5.80. The zero-order valence-corrected chi connectivity index (χ0v) is 11.8. The molecule has 0 bridgehead atoms. The fourth-order valence-corrected chi connectivity index (χ4v) is 2.20. The summed E-state index contributed by atoms with van der Waals surface area (Å²) in [6, 6.07) is 9.03. The first-order valence-electron chi connectivity index (χ1n) is 6.48. The molecule has 1 aromatic carbocycles. The molecule has 0 radical (unpaired) electrons. The third-order valence-corrected chi connectivity index (χ3v) is 3.24. The van der Waals surface area contributed by atoms with Crippen molar-refractivity contribution in [1.29, 1.82) is 0 Å². The van der Waals surface area contributed by atoms with Gasteiger partial charge in [-0.25, -0.2) is 0 Å². The molecule has 1 aromatic rings. The van der Waals surface area contributed by atoms with E-state index >= 15 is 0 Å². The molecular weight excluding hydrogens is 208 g/mol. The summed E-state index contributed by atoms with van der Waals surface area (Å²) in [4.78, 5) is 2.39. The van der Waals surface area contributed by atoms with Crippen LogP contribution >= 0.6 is 0 Å². The van der Waals surface area contributed by atoms with E-state index in [1.165, 1.54) is 11.3 Å². The highest BCUT2D eigenvalue weighted by atomic mass is 15.2. The van der Waals surface area contributed by atoms with Crippen LogP contribution in [0.4, 0.5) is 5.69 Å². The molecule has 0 aliphatic rings. The van der Waals surface area contributed by atoms with Gasteiger partial charge in [0.25, 0.3) is 0 Å². The van der Waals surface area contributed by atoms with Crippen molar-refractivity contribution in [3.63, 3.8) is 0 Å². The van der Waals surface area contributed by atoms with Gasteiger partial charge in [0.1, 0.15) is 0 Å². The van der Waals surface area contributed by atoms with Crippen LogP contribution < -0.4 is 10.6 Å². The number of nitrogens with two attached hydrogens (primary N) is 1. The molecule has 96 valence electrons. The number of hydrogen-bond donors (Lipinski definition) is 1.